The van der Waals surface area contributed by atoms with E-state index in [4.69, 9.17) is 5.73 Å². The largest absolute Gasteiger partial charge is 0.390 e. The summed E-state index contributed by atoms with van der Waals surface area (Å²) in [5, 5.41) is 13.2. The molecule has 2 aliphatic rings. The SMILES string of the molecule is CCNC[C@@H](O)CN1[C@@H]2CCC[C@@]1(C(N)=O)CC2. The van der Waals surface area contributed by atoms with E-state index in [1.807, 2.05) is 6.92 Å². The average molecular weight is 255 g/mol. The highest BCUT2D eigenvalue weighted by Crippen LogP contribution is 2.43. The average Bonchev–Trinajstić information content (AvgIpc) is 2.56. The summed E-state index contributed by atoms with van der Waals surface area (Å²) in [6, 6.07) is 0.433. The molecule has 0 unspecified atom stereocenters. The van der Waals surface area contributed by atoms with Gasteiger partial charge in [0.25, 0.3) is 0 Å². The Morgan fingerprint density at radius 1 is 1.56 bits per heavy atom. The summed E-state index contributed by atoms with van der Waals surface area (Å²) in [7, 11) is 0. The number of aliphatic hydroxyl groups is 1. The van der Waals surface area contributed by atoms with Gasteiger partial charge < -0.3 is 16.2 Å². The van der Waals surface area contributed by atoms with Gasteiger partial charge in [-0.25, -0.2) is 0 Å². The number of aliphatic hydroxyl groups excluding tert-OH is 1. The van der Waals surface area contributed by atoms with Gasteiger partial charge in [-0.05, 0) is 38.6 Å². The maximum absolute atomic E-state index is 11.8. The topological polar surface area (TPSA) is 78.6 Å². The van der Waals surface area contributed by atoms with Gasteiger partial charge in [-0.15, -0.1) is 0 Å². The van der Waals surface area contributed by atoms with E-state index in [0.717, 1.165) is 38.6 Å². The summed E-state index contributed by atoms with van der Waals surface area (Å²) in [5.74, 6) is -0.208. The summed E-state index contributed by atoms with van der Waals surface area (Å²) in [6.45, 7) is 4.00. The Hall–Kier alpha value is -0.650. The van der Waals surface area contributed by atoms with Gasteiger partial charge in [-0.2, -0.15) is 0 Å². The Morgan fingerprint density at radius 3 is 3.00 bits per heavy atom. The molecule has 1 amide bonds. The van der Waals surface area contributed by atoms with Crippen LogP contribution in [0.15, 0.2) is 0 Å². The maximum atomic E-state index is 11.8. The van der Waals surface area contributed by atoms with Crippen molar-refractivity contribution in [1.29, 1.82) is 0 Å². The number of carbonyl (C=O) groups is 1. The van der Waals surface area contributed by atoms with E-state index < -0.39 is 11.6 Å². The summed E-state index contributed by atoms with van der Waals surface area (Å²) in [5.41, 5.74) is 5.15. The zero-order valence-corrected chi connectivity index (χ0v) is 11.2. The molecule has 0 saturated carbocycles. The molecule has 2 saturated heterocycles. The van der Waals surface area contributed by atoms with Crippen LogP contribution in [-0.2, 0) is 4.79 Å². The van der Waals surface area contributed by atoms with Crippen LogP contribution in [0.4, 0.5) is 0 Å². The molecule has 0 aromatic rings. The molecule has 2 aliphatic heterocycles. The smallest absolute Gasteiger partial charge is 0.237 e. The van der Waals surface area contributed by atoms with Crippen molar-refractivity contribution in [2.45, 2.75) is 56.7 Å². The molecule has 2 rings (SSSR count). The Labute approximate surface area is 109 Å². The highest BCUT2D eigenvalue weighted by atomic mass is 16.3. The van der Waals surface area contributed by atoms with Gasteiger partial charge in [0.2, 0.25) is 5.91 Å². The number of rotatable bonds is 6. The van der Waals surface area contributed by atoms with Gasteiger partial charge in [-0.1, -0.05) is 6.92 Å². The quantitative estimate of drug-likeness (QED) is 0.616. The van der Waals surface area contributed by atoms with E-state index in [1.165, 1.54) is 0 Å². The van der Waals surface area contributed by atoms with Gasteiger partial charge in [0.1, 0.15) is 5.54 Å². The molecule has 104 valence electrons. The number of carbonyl (C=O) groups excluding carboxylic acids is 1. The van der Waals surface area contributed by atoms with E-state index in [2.05, 4.69) is 10.2 Å². The molecular weight excluding hydrogens is 230 g/mol. The van der Waals surface area contributed by atoms with E-state index in [1.54, 1.807) is 0 Å². The van der Waals surface area contributed by atoms with Crippen LogP contribution in [0.5, 0.6) is 0 Å². The zero-order valence-electron chi connectivity index (χ0n) is 11.2. The second-order valence-electron chi connectivity index (χ2n) is 5.59. The van der Waals surface area contributed by atoms with Crippen LogP contribution >= 0.6 is 0 Å². The minimum Gasteiger partial charge on any atom is -0.390 e. The van der Waals surface area contributed by atoms with Crippen molar-refractivity contribution in [2.75, 3.05) is 19.6 Å². The lowest BCUT2D eigenvalue weighted by Crippen LogP contribution is -2.60. The molecule has 0 aromatic carbocycles. The number of amides is 1. The predicted molar refractivity (Wildman–Crippen MR) is 70.1 cm³/mol. The molecule has 0 radical (unpaired) electrons. The number of nitrogens with two attached hydrogens (primary N) is 1. The van der Waals surface area contributed by atoms with Crippen molar-refractivity contribution in [3.63, 3.8) is 0 Å². The number of nitrogens with one attached hydrogen (secondary N) is 1. The number of β-amino-alcohol motifs (C(OH)–C–C–N with tert-alkyl or cyclic N) is 1. The highest BCUT2D eigenvalue weighted by Gasteiger charge is 2.52. The van der Waals surface area contributed by atoms with E-state index >= 15 is 0 Å². The Kier molecular flexibility index (Phi) is 4.25. The number of hydrogen-bond acceptors (Lipinski definition) is 4. The molecule has 2 heterocycles. The first-order valence-corrected chi connectivity index (χ1v) is 7.05. The van der Waals surface area contributed by atoms with Crippen LogP contribution in [0.25, 0.3) is 0 Å². The van der Waals surface area contributed by atoms with Crippen molar-refractivity contribution in [2.24, 2.45) is 5.73 Å². The molecule has 3 atom stereocenters. The Balaban J connectivity index is 2.03. The first-order valence-electron chi connectivity index (χ1n) is 7.05. The number of fused-ring (bicyclic) bond motifs is 2. The van der Waals surface area contributed by atoms with Gasteiger partial charge in [0.15, 0.2) is 0 Å². The molecule has 0 aliphatic carbocycles. The lowest BCUT2D eigenvalue weighted by molar-refractivity contribution is -0.132. The predicted octanol–water partition coefficient (Wildman–Crippen LogP) is -0.171. The third-order valence-corrected chi connectivity index (χ3v) is 4.51. The van der Waals surface area contributed by atoms with E-state index in [9.17, 15) is 9.90 Å². The van der Waals surface area contributed by atoms with Crippen LogP contribution in [0.3, 0.4) is 0 Å². The fourth-order valence-corrected chi connectivity index (χ4v) is 3.57. The van der Waals surface area contributed by atoms with Crippen molar-refractivity contribution in [3.8, 4) is 0 Å². The summed E-state index contributed by atoms with van der Waals surface area (Å²) in [4.78, 5) is 14.0. The first kappa shape index (κ1) is 13.8. The number of piperidine rings is 1. The van der Waals surface area contributed by atoms with E-state index in [-0.39, 0.29) is 5.91 Å². The maximum Gasteiger partial charge on any atom is 0.237 e. The number of hydrogen-bond donors (Lipinski definition) is 3. The standard InChI is InChI=1S/C13H25N3O2/c1-2-15-8-11(17)9-16-10-4-3-6-13(16,7-5-10)12(14)18/h10-11,15,17H,2-9H2,1H3,(H2,14,18)/t10-,11-,13+/m1/s1. The van der Waals surface area contributed by atoms with Gasteiger partial charge in [-0.3, -0.25) is 9.69 Å². The molecule has 5 nitrogen and oxygen atoms in total. The van der Waals surface area contributed by atoms with Gasteiger partial charge in [0.05, 0.1) is 6.10 Å². The Morgan fingerprint density at radius 2 is 2.33 bits per heavy atom. The summed E-state index contributed by atoms with van der Waals surface area (Å²) >= 11 is 0. The van der Waals surface area contributed by atoms with Gasteiger partial charge >= 0.3 is 0 Å². The van der Waals surface area contributed by atoms with Crippen molar-refractivity contribution >= 4 is 5.91 Å². The minimum absolute atomic E-state index is 0.208. The lowest BCUT2D eigenvalue weighted by Gasteiger charge is -2.43. The number of primary amides is 1. The fraction of sp³-hybridized carbons (Fsp3) is 0.923. The van der Waals surface area contributed by atoms with Crippen LogP contribution < -0.4 is 11.1 Å². The highest BCUT2D eigenvalue weighted by molar-refractivity contribution is 5.85. The van der Waals surface area contributed by atoms with Crippen molar-refractivity contribution in [3.05, 3.63) is 0 Å². The molecular formula is C13H25N3O2. The molecule has 0 spiro atoms. The van der Waals surface area contributed by atoms with E-state index in [0.29, 0.717) is 19.1 Å². The summed E-state index contributed by atoms with van der Waals surface area (Å²) < 4.78 is 0. The molecule has 18 heavy (non-hydrogen) atoms. The second kappa shape index (κ2) is 5.55. The lowest BCUT2D eigenvalue weighted by atomic mass is 9.87. The number of likely N-dealkylation sites (N-methyl/N-ethyl adjacent to an activating group) is 1. The van der Waals surface area contributed by atoms with Crippen LogP contribution in [0.1, 0.15) is 39.0 Å². The number of nitrogens with zero attached hydrogens (tertiary/aromatic N) is 1. The third-order valence-electron chi connectivity index (χ3n) is 4.51. The zero-order chi connectivity index (χ0) is 13.2. The van der Waals surface area contributed by atoms with Crippen molar-refractivity contribution < 1.29 is 9.90 Å². The van der Waals surface area contributed by atoms with Crippen LogP contribution in [0.2, 0.25) is 0 Å². The van der Waals surface area contributed by atoms with Crippen LogP contribution in [0, 0.1) is 0 Å². The molecule has 4 N–H and O–H groups in total. The molecule has 5 heteroatoms. The van der Waals surface area contributed by atoms with Crippen molar-refractivity contribution in [1.82, 2.24) is 10.2 Å². The van der Waals surface area contributed by atoms with Crippen LogP contribution in [-0.4, -0.2) is 53.2 Å². The summed E-state index contributed by atoms with van der Waals surface area (Å²) in [6.07, 6.45) is 4.53. The Bertz CT molecular complexity index is 307. The van der Waals surface area contributed by atoms with Gasteiger partial charge in [0, 0.05) is 19.1 Å². The molecule has 2 bridgehead atoms. The third kappa shape index (κ3) is 2.39. The monoisotopic (exact) mass is 255 g/mol. The molecule has 0 aromatic heterocycles. The fourth-order valence-electron chi connectivity index (χ4n) is 3.57. The minimum atomic E-state index is -0.476. The normalized spacial score (nSPS) is 33.6. The first-order chi connectivity index (χ1) is 8.60. The molecule has 2 fully saturated rings. The second-order valence-corrected chi connectivity index (χ2v) is 5.59.